The second kappa shape index (κ2) is 4.90. The highest BCUT2D eigenvalue weighted by Gasteiger charge is 2.38. The fraction of sp³-hybridized carbons (Fsp3) is 0.429. The van der Waals surface area contributed by atoms with E-state index in [-0.39, 0.29) is 5.60 Å². The average Bonchev–Trinajstić information content (AvgIpc) is 2.76. The zero-order valence-electron chi connectivity index (χ0n) is 10.9. The number of hydrogen-bond acceptors (Lipinski definition) is 3. The van der Waals surface area contributed by atoms with Gasteiger partial charge in [0.2, 0.25) is 0 Å². The normalized spacial score (nSPS) is 17.1. The Morgan fingerprint density at radius 2 is 2.11 bits per heavy atom. The lowest BCUT2D eigenvalue weighted by Gasteiger charge is -2.40. The highest BCUT2D eigenvalue weighted by Crippen LogP contribution is 2.37. The van der Waals surface area contributed by atoms with Gasteiger partial charge in [0.25, 0.3) is 0 Å². The lowest BCUT2D eigenvalue weighted by atomic mass is 9.80. The van der Waals surface area contributed by atoms with Crippen LogP contribution in [0.5, 0.6) is 0 Å². The van der Waals surface area contributed by atoms with Crippen LogP contribution in [0, 0.1) is 4.77 Å². The Labute approximate surface area is 117 Å². The minimum atomic E-state index is -0.0639. The lowest BCUT2D eigenvalue weighted by molar-refractivity contribution is -0.0835. The van der Waals surface area contributed by atoms with E-state index in [0.29, 0.717) is 4.77 Å². The molecule has 0 radical (unpaired) electrons. The second-order valence-electron chi connectivity index (χ2n) is 5.05. The number of methoxy groups -OCH3 is 1. The third-order valence-corrected chi connectivity index (χ3v) is 4.25. The van der Waals surface area contributed by atoms with Crippen LogP contribution in [-0.2, 0) is 11.3 Å². The first-order chi connectivity index (χ1) is 9.24. The van der Waals surface area contributed by atoms with Crippen LogP contribution in [0.3, 0.4) is 0 Å². The van der Waals surface area contributed by atoms with Crippen LogP contribution in [0.2, 0.25) is 0 Å². The Hall–Kier alpha value is -1.46. The molecule has 3 rings (SSSR count). The summed E-state index contributed by atoms with van der Waals surface area (Å²) in [4.78, 5) is 0. The first-order valence-corrected chi connectivity index (χ1v) is 6.91. The van der Waals surface area contributed by atoms with E-state index in [4.69, 9.17) is 17.0 Å². The van der Waals surface area contributed by atoms with Crippen molar-refractivity contribution in [2.75, 3.05) is 7.11 Å². The maximum absolute atomic E-state index is 5.68. The van der Waals surface area contributed by atoms with Gasteiger partial charge in [-0.05, 0) is 31.5 Å². The fourth-order valence-electron chi connectivity index (χ4n) is 2.56. The number of ether oxygens (including phenoxy) is 1. The van der Waals surface area contributed by atoms with Crippen LogP contribution >= 0.6 is 12.2 Å². The summed E-state index contributed by atoms with van der Waals surface area (Å²) in [7, 11) is 1.78. The SMILES string of the molecule is COC1(Cn2c(-c3ccccc3)n[nH]c2=S)CCC1. The largest absolute Gasteiger partial charge is 0.376 e. The smallest absolute Gasteiger partial charge is 0.195 e. The van der Waals surface area contributed by atoms with Gasteiger partial charge in [0, 0.05) is 12.7 Å². The van der Waals surface area contributed by atoms with E-state index in [1.807, 2.05) is 34.9 Å². The summed E-state index contributed by atoms with van der Waals surface area (Å²) in [6.45, 7) is 0.767. The molecule has 4 nitrogen and oxygen atoms in total. The van der Waals surface area contributed by atoms with Crippen LogP contribution in [0.25, 0.3) is 11.4 Å². The second-order valence-corrected chi connectivity index (χ2v) is 5.43. The van der Waals surface area contributed by atoms with Gasteiger partial charge in [0.1, 0.15) is 0 Å². The van der Waals surface area contributed by atoms with Gasteiger partial charge in [0.05, 0.1) is 12.1 Å². The molecule has 1 fully saturated rings. The van der Waals surface area contributed by atoms with E-state index >= 15 is 0 Å². The molecule has 0 saturated heterocycles. The minimum Gasteiger partial charge on any atom is -0.376 e. The number of aromatic nitrogens is 3. The van der Waals surface area contributed by atoms with E-state index in [2.05, 4.69) is 10.2 Å². The number of aromatic amines is 1. The molecule has 1 aromatic heterocycles. The predicted molar refractivity (Wildman–Crippen MR) is 76.4 cm³/mol. The standard InChI is InChI=1S/C14H17N3OS/c1-18-14(8-5-9-14)10-17-12(15-16-13(17)19)11-6-3-2-4-7-11/h2-4,6-7H,5,8-10H2,1H3,(H,16,19). The summed E-state index contributed by atoms with van der Waals surface area (Å²) in [5.41, 5.74) is 1.01. The van der Waals surface area contributed by atoms with Crippen LogP contribution in [0.15, 0.2) is 30.3 Å². The van der Waals surface area contributed by atoms with Crippen LogP contribution in [-0.4, -0.2) is 27.5 Å². The van der Waals surface area contributed by atoms with Crippen molar-refractivity contribution in [1.29, 1.82) is 0 Å². The van der Waals surface area contributed by atoms with Gasteiger partial charge in [-0.1, -0.05) is 30.3 Å². The topological polar surface area (TPSA) is 42.8 Å². The molecule has 19 heavy (non-hydrogen) atoms. The fourth-order valence-corrected chi connectivity index (χ4v) is 2.75. The molecule has 1 saturated carbocycles. The van der Waals surface area contributed by atoms with E-state index < -0.39 is 0 Å². The number of H-pyrrole nitrogens is 1. The minimum absolute atomic E-state index is 0.0639. The first kappa shape index (κ1) is 12.6. The van der Waals surface area contributed by atoms with Gasteiger partial charge in [-0.15, -0.1) is 0 Å². The number of hydrogen-bond donors (Lipinski definition) is 1. The molecule has 1 N–H and O–H groups in total. The molecule has 0 aliphatic heterocycles. The van der Waals surface area contributed by atoms with E-state index in [0.717, 1.165) is 30.8 Å². The van der Waals surface area contributed by atoms with Crippen molar-refractivity contribution in [2.45, 2.75) is 31.4 Å². The Morgan fingerprint density at radius 1 is 1.37 bits per heavy atom. The first-order valence-electron chi connectivity index (χ1n) is 6.50. The number of nitrogens with one attached hydrogen (secondary N) is 1. The Bertz CT molecular complexity index is 608. The molecule has 1 aliphatic carbocycles. The van der Waals surface area contributed by atoms with Crippen molar-refractivity contribution in [3.8, 4) is 11.4 Å². The molecular formula is C14H17N3OS. The van der Waals surface area contributed by atoms with E-state index in [1.165, 1.54) is 6.42 Å². The zero-order valence-corrected chi connectivity index (χ0v) is 11.7. The van der Waals surface area contributed by atoms with Gasteiger partial charge in [0.15, 0.2) is 10.6 Å². The molecule has 1 heterocycles. The number of rotatable bonds is 4. The number of benzene rings is 1. The third kappa shape index (κ3) is 2.24. The van der Waals surface area contributed by atoms with Gasteiger partial charge >= 0.3 is 0 Å². The summed E-state index contributed by atoms with van der Waals surface area (Å²) < 4.78 is 8.39. The van der Waals surface area contributed by atoms with Crippen molar-refractivity contribution in [3.63, 3.8) is 0 Å². The van der Waals surface area contributed by atoms with Crippen LogP contribution in [0.1, 0.15) is 19.3 Å². The molecule has 0 unspecified atom stereocenters. The monoisotopic (exact) mass is 275 g/mol. The Morgan fingerprint density at radius 3 is 2.68 bits per heavy atom. The molecular weight excluding hydrogens is 258 g/mol. The lowest BCUT2D eigenvalue weighted by Crippen LogP contribution is -2.43. The van der Waals surface area contributed by atoms with Crippen molar-refractivity contribution in [2.24, 2.45) is 0 Å². The molecule has 1 aromatic carbocycles. The highest BCUT2D eigenvalue weighted by molar-refractivity contribution is 7.71. The predicted octanol–water partition coefficient (Wildman–Crippen LogP) is 3.18. The van der Waals surface area contributed by atoms with Crippen molar-refractivity contribution in [1.82, 2.24) is 14.8 Å². The molecule has 1 aliphatic rings. The summed E-state index contributed by atoms with van der Waals surface area (Å²) in [5.74, 6) is 0.883. The van der Waals surface area contributed by atoms with Crippen LogP contribution < -0.4 is 0 Å². The quantitative estimate of drug-likeness (QED) is 0.871. The summed E-state index contributed by atoms with van der Waals surface area (Å²) in [6.07, 6.45) is 3.40. The molecule has 2 aromatic rings. The maximum atomic E-state index is 5.68. The van der Waals surface area contributed by atoms with Crippen molar-refractivity contribution < 1.29 is 4.74 Å². The van der Waals surface area contributed by atoms with Gasteiger partial charge in [-0.3, -0.25) is 9.67 Å². The average molecular weight is 275 g/mol. The number of nitrogens with zero attached hydrogens (tertiary/aromatic N) is 2. The Kier molecular flexibility index (Phi) is 3.24. The molecule has 0 spiro atoms. The molecule has 5 heteroatoms. The van der Waals surface area contributed by atoms with Crippen LogP contribution in [0.4, 0.5) is 0 Å². The third-order valence-electron chi connectivity index (χ3n) is 3.93. The van der Waals surface area contributed by atoms with Gasteiger partial charge in [-0.25, -0.2) is 0 Å². The van der Waals surface area contributed by atoms with Gasteiger partial charge in [-0.2, -0.15) is 5.10 Å². The highest BCUT2D eigenvalue weighted by atomic mass is 32.1. The van der Waals surface area contributed by atoms with Crippen molar-refractivity contribution in [3.05, 3.63) is 35.1 Å². The van der Waals surface area contributed by atoms with Crippen molar-refractivity contribution >= 4 is 12.2 Å². The van der Waals surface area contributed by atoms with E-state index in [1.54, 1.807) is 7.11 Å². The maximum Gasteiger partial charge on any atom is 0.195 e. The molecule has 0 amide bonds. The van der Waals surface area contributed by atoms with Gasteiger partial charge < -0.3 is 4.74 Å². The summed E-state index contributed by atoms with van der Waals surface area (Å²) in [6, 6.07) is 10.1. The molecule has 100 valence electrons. The zero-order chi connectivity index (χ0) is 13.3. The van der Waals surface area contributed by atoms with E-state index in [9.17, 15) is 0 Å². The summed E-state index contributed by atoms with van der Waals surface area (Å²) in [5, 5.41) is 7.24. The molecule has 0 bridgehead atoms. The Balaban J connectivity index is 1.98. The molecule has 0 atom stereocenters. The summed E-state index contributed by atoms with van der Waals surface area (Å²) >= 11 is 5.35.